The predicted octanol–water partition coefficient (Wildman–Crippen LogP) is 0.971. The van der Waals surface area contributed by atoms with E-state index >= 15 is 0 Å². The first-order valence-corrected chi connectivity index (χ1v) is 5.39. The molecule has 0 aliphatic heterocycles. The molecule has 2 N–H and O–H groups in total. The largest absolute Gasteiger partial charge is 0.481 e. The number of amides is 1. The van der Waals surface area contributed by atoms with Gasteiger partial charge in [-0.3, -0.25) is 14.4 Å². The predicted molar refractivity (Wildman–Crippen MR) is 58.9 cm³/mol. The Morgan fingerprint density at radius 3 is 2.12 bits per heavy atom. The zero-order chi connectivity index (χ0) is 12.7. The highest BCUT2D eigenvalue weighted by atomic mass is 16.4. The van der Waals surface area contributed by atoms with Crippen LogP contribution in [0.25, 0.3) is 0 Å². The van der Waals surface area contributed by atoms with Gasteiger partial charge in [0.25, 0.3) is 0 Å². The molecule has 0 unspecified atom stereocenters. The lowest BCUT2D eigenvalue weighted by molar-refractivity contribution is -0.137. The summed E-state index contributed by atoms with van der Waals surface area (Å²) in [6.07, 6.45) is 0.408. The highest BCUT2D eigenvalue weighted by molar-refractivity contribution is 5.89. The van der Waals surface area contributed by atoms with Crippen LogP contribution in [-0.2, 0) is 14.4 Å². The molecule has 0 spiro atoms. The van der Waals surface area contributed by atoms with Gasteiger partial charge in [-0.15, -0.1) is 0 Å². The van der Waals surface area contributed by atoms with E-state index in [-0.39, 0.29) is 30.4 Å². The smallest absolute Gasteiger partial charge is 0.303 e. The summed E-state index contributed by atoms with van der Waals surface area (Å²) in [4.78, 5) is 33.0. The molecule has 0 aliphatic carbocycles. The van der Waals surface area contributed by atoms with E-state index in [1.165, 1.54) is 0 Å². The molecule has 92 valence electrons. The average molecular weight is 229 g/mol. The number of ketones is 1. The minimum atomic E-state index is -0.917. The number of carboxylic acids is 1. The van der Waals surface area contributed by atoms with Crippen molar-refractivity contribution >= 4 is 17.7 Å². The van der Waals surface area contributed by atoms with E-state index in [2.05, 4.69) is 5.32 Å². The zero-order valence-electron chi connectivity index (χ0n) is 9.95. The van der Waals surface area contributed by atoms with E-state index in [0.717, 1.165) is 0 Å². The van der Waals surface area contributed by atoms with Crippen LogP contribution in [0.15, 0.2) is 0 Å². The zero-order valence-corrected chi connectivity index (χ0v) is 9.95. The molecule has 0 saturated heterocycles. The maximum absolute atomic E-state index is 11.5. The number of rotatable bonds is 7. The SMILES string of the molecule is CC(C)C(=O)[C@H](C)NC(=O)CCCC(=O)O. The van der Waals surface area contributed by atoms with Crippen molar-refractivity contribution in [3.05, 3.63) is 0 Å². The molecule has 16 heavy (non-hydrogen) atoms. The number of Topliss-reactive ketones (excluding diaryl/α,β-unsaturated/α-hetero) is 1. The Bertz CT molecular complexity index is 273. The van der Waals surface area contributed by atoms with Crippen molar-refractivity contribution in [2.45, 2.75) is 46.1 Å². The Labute approximate surface area is 95.2 Å². The minimum Gasteiger partial charge on any atom is -0.481 e. The molecule has 0 bridgehead atoms. The van der Waals surface area contributed by atoms with Crippen LogP contribution in [0.2, 0.25) is 0 Å². The van der Waals surface area contributed by atoms with Gasteiger partial charge in [-0.1, -0.05) is 13.8 Å². The third kappa shape index (κ3) is 6.16. The molecule has 0 aliphatic rings. The van der Waals surface area contributed by atoms with Crippen LogP contribution in [0.1, 0.15) is 40.0 Å². The molecule has 1 amide bonds. The van der Waals surface area contributed by atoms with Gasteiger partial charge in [0.1, 0.15) is 0 Å². The maximum Gasteiger partial charge on any atom is 0.303 e. The molecule has 5 heteroatoms. The molecule has 0 saturated carbocycles. The molecular formula is C11H19NO4. The van der Waals surface area contributed by atoms with Crippen LogP contribution in [0.3, 0.4) is 0 Å². The van der Waals surface area contributed by atoms with Crippen LogP contribution < -0.4 is 5.32 Å². The van der Waals surface area contributed by atoms with E-state index in [1.807, 2.05) is 0 Å². The summed E-state index contributed by atoms with van der Waals surface area (Å²) in [5.74, 6) is -1.33. The molecule has 0 aromatic heterocycles. The fourth-order valence-electron chi connectivity index (χ4n) is 1.28. The number of carbonyl (C=O) groups is 3. The van der Waals surface area contributed by atoms with Gasteiger partial charge in [0.15, 0.2) is 5.78 Å². The van der Waals surface area contributed by atoms with E-state index < -0.39 is 12.0 Å². The Kier molecular flexibility index (Phi) is 6.37. The first kappa shape index (κ1) is 14.6. The number of carboxylic acid groups (broad SMARTS) is 1. The highest BCUT2D eigenvalue weighted by Crippen LogP contribution is 2.01. The lowest BCUT2D eigenvalue weighted by Gasteiger charge is -2.14. The normalized spacial score (nSPS) is 12.2. The summed E-state index contributed by atoms with van der Waals surface area (Å²) in [5, 5.41) is 10.9. The van der Waals surface area contributed by atoms with Crippen LogP contribution >= 0.6 is 0 Å². The number of hydrogen-bond acceptors (Lipinski definition) is 3. The summed E-state index contributed by atoms with van der Waals surface area (Å²) in [5.41, 5.74) is 0. The van der Waals surface area contributed by atoms with Crippen molar-refractivity contribution < 1.29 is 19.5 Å². The van der Waals surface area contributed by atoms with Gasteiger partial charge < -0.3 is 10.4 Å². The van der Waals surface area contributed by atoms with Crippen LogP contribution in [0.5, 0.6) is 0 Å². The Morgan fingerprint density at radius 1 is 1.12 bits per heavy atom. The summed E-state index contributed by atoms with van der Waals surface area (Å²) >= 11 is 0. The summed E-state index contributed by atoms with van der Waals surface area (Å²) in [7, 11) is 0. The number of nitrogens with one attached hydrogen (secondary N) is 1. The second-order valence-electron chi connectivity index (χ2n) is 4.09. The minimum absolute atomic E-state index is 0.0217. The lowest BCUT2D eigenvalue weighted by atomic mass is 10.0. The Hall–Kier alpha value is -1.39. The van der Waals surface area contributed by atoms with Gasteiger partial charge in [-0.2, -0.15) is 0 Å². The monoisotopic (exact) mass is 229 g/mol. The second kappa shape index (κ2) is 6.98. The average Bonchev–Trinajstić information content (AvgIpc) is 2.15. The van der Waals surface area contributed by atoms with Crippen molar-refractivity contribution in [3.63, 3.8) is 0 Å². The molecule has 0 aromatic rings. The number of carbonyl (C=O) groups excluding carboxylic acids is 2. The molecule has 0 radical (unpaired) electrons. The molecular weight excluding hydrogens is 210 g/mol. The van der Waals surface area contributed by atoms with Crippen molar-refractivity contribution in [2.24, 2.45) is 5.92 Å². The summed E-state index contributed by atoms with van der Waals surface area (Å²) < 4.78 is 0. The fourth-order valence-corrected chi connectivity index (χ4v) is 1.28. The van der Waals surface area contributed by atoms with Gasteiger partial charge >= 0.3 is 5.97 Å². The molecule has 0 fully saturated rings. The summed E-state index contributed by atoms with van der Waals surface area (Å²) in [6.45, 7) is 5.18. The van der Waals surface area contributed by atoms with Crippen molar-refractivity contribution in [1.82, 2.24) is 5.32 Å². The topological polar surface area (TPSA) is 83.5 Å². The molecule has 0 aromatic carbocycles. The van der Waals surface area contributed by atoms with Crippen molar-refractivity contribution in [3.8, 4) is 0 Å². The standard InChI is InChI=1S/C11H19NO4/c1-7(2)11(16)8(3)12-9(13)5-4-6-10(14)15/h7-8H,4-6H2,1-3H3,(H,12,13)(H,14,15)/t8-/m0/s1. The highest BCUT2D eigenvalue weighted by Gasteiger charge is 2.18. The van der Waals surface area contributed by atoms with Gasteiger partial charge in [-0.05, 0) is 13.3 Å². The van der Waals surface area contributed by atoms with E-state index in [1.54, 1.807) is 20.8 Å². The second-order valence-corrected chi connectivity index (χ2v) is 4.09. The van der Waals surface area contributed by atoms with Crippen molar-refractivity contribution in [2.75, 3.05) is 0 Å². The van der Waals surface area contributed by atoms with E-state index in [4.69, 9.17) is 5.11 Å². The number of aliphatic carboxylic acids is 1. The van der Waals surface area contributed by atoms with E-state index in [0.29, 0.717) is 6.42 Å². The third-order valence-electron chi connectivity index (χ3n) is 2.17. The fraction of sp³-hybridized carbons (Fsp3) is 0.727. The summed E-state index contributed by atoms with van der Waals surface area (Å²) in [6, 6.07) is -0.502. The van der Waals surface area contributed by atoms with Gasteiger partial charge in [0.05, 0.1) is 6.04 Å². The maximum atomic E-state index is 11.5. The number of hydrogen-bond donors (Lipinski definition) is 2. The quantitative estimate of drug-likeness (QED) is 0.681. The van der Waals surface area contributed by atoms with Crippen LogP contribution in [0, 0.1) is 5.92 Å². The first-order chi connectivity index (χ1) is 7.34. The Balaban J connectivity index is 3.87. The molecule has 0 rings (SSSR count). The molecule has 0 heterocycles. The van der Waals surface area contributed by atoms with Gasteiger partial charge in [0.2, 0.25) is 5.91 Å². The Morgan fingerprint density at radius 2 is 1.69 bits per heavy atom. The van der Waals surface area contributed by atoms with Crippen LogP contribution in [0.4, 0.5) is 0 Å². The molecule has 1 atom stereocenters. The molecule has 5 nitrogen and oxygen atoms in total. The lowest BCUT2D eigenvalue weighted by Crippen LogP contribution is -2.40. The van der Waals surface area contributed by atoms with E-state index in [9.17, 15) is 14.4 Å². The van der Waals surface area contributed by atoms with Crippen molar-refractivity contribution in [1.29, 1.82) is 0 Å². The van der Waals surface area contributed by atoms with Gasteiger partial charge in [0, 0.05) is 18.8 Å². The van der Waals surface area contributed by atoms with Gasteiger partial charge in [-0.25, -0.2) is 0 Å². The first-order valence-electron chi connectivity index (χ1n) is 5.39. The third-order valence-corrected chi connectivity index (χ3v) is 2.17. The van der Waals surface area contributed by atoms with Crippen LogP contribution in [-0.4, -0.2) is 28.8 Å².